The molecule has 2 heteroatoms. The SMILES string of the molecule is Cc1ccccc1C(=O)c1c(C)oc(C)c1C. The predicted molar refractivity (Wildman–Crippen MR) is 67.5 cm³/mol. The van der Waals surface area contributed by atoms with Crippen LogP contribution in [-0.2, 0) is 0 Å². The third-order valence-electron chi connectivity index (χ3n) is 3.18. The highest BCUT2D eigenvalue weighted by atomic mass is 16.3. The van der Waals surface area contributed by atoms with Crippen molar-refractivity contribution in [2.75, 3.05) is 0 Å². The Morgan fingerprint density at radius 1 is 1.00 bits per heavy atom. The average Bonchev–Trinajstić information content (AvgIpc) is 2.53. The van der Waals surface area contributed by atoms with Gasteiger partial charge in [-0.1, -0.05) is 24.3 Å². The Labute approximate surface area is 101 Å². The lowest BCUT2D eigenvalue weighted by atomic mass is 9.97. The fourth-order valence-electron chi connectivity index (χ4n) is 2.09. The topological polar surface area (TPSA) is 30.2 Å². The number of hydrogen-bond donors (Lipinski definition) is 0. The first-order chi connectivity index (χ1) is 8.02. The summed E-state index contributed by atoms with van der Waals surface area (Å²) in [7, 11) is 0. The lowest BCUT2D eigenvalue weighted by Gasteiger charge is -2.04. The fraction of sp³-hybridized carbons (Fsp3) is 0.267. The maximum atomic E-state index is 12.5. The molecular weight excluding hydrogens is 212 g/mol. The van der Waals surface area contributed by atoms with E-state index >= 15 is 0 Å². The molecule has 0 atom stereocenters. The monoisotopic (exact) mass is 228 g/mol. The Balaban J connectivity index is 2.55. The molecule has 88 valence electrons. The van der Waals surface area contributed by atoms with E-state index in [0.717, 1.165) is 22.5 Å². The van der Waals surface area contributed by atoms with Gasteiger partial charge in [0.1, 0.15) is 11.5 Å². The highest BCUT2D eigenvalue weighted by molar-refractivity contribution is 6.11. The van der Waals surface area contributed by atoms with Crippen molar-refractivity contribution in [1.29, 1.82) is 0 Å². The Morgan fingerprint density at radius 2 is 1.65 bits per heavy atom. The molecule has 2 rings (SSSR count). The lowest BCUT2D eigenvalue weighted by Crippen LogP contribution is -2.05. The zero-order valence-electron chi connectivity index (χ0n) is 10.6. The molecule has 2 aromatic rings. The van der Waals surface area contributed by atoms with Crippen molar-refractivity contribution >= 4 is 5.78 Å². The summed E-state index contributed by atoms with van der Waals surface area (Å²) in [6.45, 7) is 7.60. The van der Waals surface area contributed by atoms with Gasteiger partial charge in [0.05, 0.1) is 5.56 Å². The van der Waals surface area contributed by atoms with Crippen molar-refractivity contribution in [3.8, 4) is 0 Å². The molecule has 1 heterocycles. The second-order valence-electron chi connectivity index (χ2n) is 4.36. The van der Waals surface area contributed by atoms with Gasteiger partial charge in [0, 0.05) is 11.1 Å². The van der Waals surface area contributed by atoms with Gasteiger partial charge in [0.2, 0.25) is 0 Å². The van der Waals surface area contributed by atoms with Crippen molar-refractivity contribution in [3.05, 3.63) is 58.0 Å². The van der Waals surface area contributed by atoms with Crippen LogP contribution in [0.3, 0.4) is 0 Å². The van der Waals surface area contributed by atoms with E-state index in [2.05, 4.69) is 0 Å². The fourth-order valence-corrected chi connectivity index (χ4v) is 2.09. The summed E-state index contributed by atoms with van der Waals surface area (Å²) >= 11 is 0. The van der Waals surface area contributed by atoms with Crippen molar-refractivity contribution < 1.29 is 9.21 Å². The Hall–Kier alpha value is -1.83. The minimum Gasteiger partial charge on any atom is -0.466 e. The van der Waals surface area contributed by atoms with Crippen molar-refractivity contribution in [2.45, 2.75) is 27.7 Å². The van der Waals surface area contributed by atoms with Crippen molar-refractivity contribution in [2.24, 2.45) is 0 Å². The molecule has 0 unspecified atom stereocenters. The smallest absolute Gasteiger partial charge is 0.197 e. The zero-order chi connectivity index (χ0) is 12.6. The third-order valence-corrected chi connectivity index (χ3v) is 3.18. The van der Waals surface area contributed by atoms with Crippen LogP contribution in [0.1, 0.15) is 38.6 Å². The molecule has 1 aromatic heterocycles. The van der Waals surface area contributed by atoms with Crippen LogP contribution in [0.25, 0.3) is 0 Å². The highest BCUT2D eigenvalue weighted by Crippen LogP contribution is 2.24. The number of rotatable bonds is 2. The summed E-state index contributed by atoms with van der Waals surface area (Å²) in [5.74, 6) is 1.57. The van der Waals surface area contributed by atoms with Gasteiger partial charge in [0.25, 0.3) is 0 Å². The molecule has 0 aliphatic heterocycles. The Kier molecular flexibility index (Phi) is 2.88. The summed E-state index contributed by atoms with van der Waals surface area (Å²) in [6, 6.07) is 7.63. The van der Waals surface area contributed by atoms with Gasteiger partial charge < -0.3 is 4.42 Å². The maximum Gasteiger partial charge on any atom is 0.197 e. The Morgan fingerprint density at radius 3 is 2.18 bits per heavy atom. The van der Waals surface area contributed by atoms with Gasteiger partial charge in [-0.3, -0.25) is 4.79 Å². The number of furan rings is 1. The van der Waals surface area contributed by atoms with E-state index in [9.17, 15) is 4.79 Å². The number of hydrogen-bond acceptors (Lipinski definition) is 2. The van der Waals surface area contributed by atoms with E-state index in [1.165, 1.54) is 0 Å². The van der Waals surface area contributed by atoms with Crippen LogP contribution in [0.5, 0.6) is 0 Å². The molecule has 0 amide bonds. The van der Waals surface area contributed by atoms with E-state index in [1.54, 1.807) is 0 Å². The molecule has 0 spiro atoms. The van der Waals surface area contributed by atoms with Gasteiger partial charge in [-0.15, -0.1) is 0 Å². The van der Waals surface area contributed by atoms with Crippen LogP contribution in [-0.4, -0.2) is 5.78 Å². The molecule has 1 aromatic carbocycles. The van der Waals surface area contributed by atoms with Gasteiger partial charge in [-0.25, -0.2) is 0 Å². The number of aryl methyl sites for hydroxylation is 3. The second-order valence-corrected chi connectivity index (χ2v) is 4.36. The van der Waals surface area contributed by atoms with Crippen LogP contribution < -0.4 is 0 Å². The molecule has 0 saturated carbocycles. The third kappa shape index (κ3) is 1.91. The molecule has 0 bridgehead atoms. The average molecular weight is 228 g/mol. The standard InChI is InChI=1S/C15H16O2/c1-9-7-5-6-8-13(9)15(16)14-10(2)11(3)17-12(14)4/h5-8H,1-4H3. The van der Waals surface area contributed by atoms with Gasteiger partial charge >= 0.3 is 0 Å². The first-order valence-corrected chi connectivity index (χ1v) is 5.69. The minimum absolute atomic E-state index is 0.0509. The molecule has 0 saturated heterocycles. The first-order valence-electron chi connectivity index (χ1n) is 5.69. The molecule has 2 nitrogen and oxygen atoms in total. The van der Waals surface area contributed by atoms with Crippen LogP contribution >= 0.6 is 0 Å². The summed E-state index contributed by atoms with van der Waals surface area (Å²) in [5, 5.41) is 0. The van der Waals surface area contributed by atoms with E-state index in [4.69, 9.17) is 4.42 Å². The normalized spacial score (nSPS) is 10.6. The molecule has 0 aliphatic carbocycles. The van der Waals surface area contributed by atoms with Crippen molar-refractivity contribution in [1.82, 2.24) is 0 Å². The van der Waals surface area contributed by atoms with Crippen molar-refractivity contribution in [3.63, 3.8) is 0 Å². The highest BCUT2D eigenvalue weighted by Gasteiger charge is 2.20. The zero-order valence-corrected chi connectivity index (χ0v) is 10.6. The summed E-state index contributed by atoms with van der Waals surface area (Å²) in [6.07, 6.45) is 0. The summed E-state index contributed by atoms with van der Waals surface area (Å²) < 4.78 is 5.51. The van der Waals surface area contributed by atoms with E-state index in [0.29, 0.717) is 11.3 Å². The first kappa shape index (κ1) is 11.6. The predicted octanol–water partition coefficient (Wildman–Crippen LogP) is 3.74. The molecule has 17 heavy (non-hydrogen) atoms. The number of carbonyl (C=O) groups is 1. The summed E-state index contributed by atoms with van der Waals surface area (Å²) in [4.78, 5) is 12.5. The van der Waals surface area contributed by atoms with Gasteiger partial charge in [-0.2, -0.15) is 0 Å². The van der Waals surface area contributed by atoms with E-state index in [-0.39, 0.29) is 5.78 Å². The second kappa shape index (κ2) is 4.21. The Bertz CT molecular complexity index is 577. The molecular formula is C15H16O2. The lowest BCUT2D eigenvalue weighted by molar-refractivity contribution is 0.103. The van der Waals surface area contributed by atoms with E-state index in [1.807, 2.05) is 52.0 Å². The van der Waals surface area contributed by atoms with Crippen LogP contribution in [0.4, 0.5) is 0 Å². The quantitative estimate of drug-likeness (QED) is 0.733. The molecule has 0 radical (unpaired) electrons. The van der Waals surface area contributed by atoms with E-state index < -0.39 is 0 Å². The largest absolute Gasteiger partial charge is 0.466 e. The number of ketones is 1. The molecule has 0 fully saturated rings. The number of benzene rings is 1. The maximum absolute atomic E-state index is 12.5. The van der Waals surface area contributed by atoms with Crippen LogP contribution in [0.15, 0.2) is 28.7 Å². The van der Waals surface area contributed by atoms with Crippen LogP contribution in [0, 0.1) is 27.7 Å². The molecule has 0 aliphatic rings. The van der Waals surface area contributed by atoms with Crippen LogP contribution in [0.2, 0.25) is 0 Å². The number of carbonyl (C=O) groups excluding carboxylic acids is 1. The van der Waals surface area contributed by atoms with Gasteiger partial charge in [0.15, 0.2) is 5.78 Å². The van der Waals surface area contributed by atoms with Gasteiger partial charge in [-0.05, 0) is 33.3 Å². The minimum atomic E-state index is 0.0509. The summed E-state index contributed by atoms with van der Waals surface area (Å²) in [5.41, 5.74) is 3.39. The molecule has 0 N–H and O–H groups in total.